The minimum atomic E-state index is -0.571. The number of nitro groups is 3. The number of nitrogens with two attached hydrogens (primary N) is 2. The van der Waals surface area contributed by atoms with Gasteiger partial charge in [-0.3, -0.25) is 30.3 Å². The van der Waals surface area contributed by atoms with Crippen LogP contribution in [0.1, 0.15) is 137 Å². The van der Waals surface area contributed by atoms with Crippen LogP contribution in [-0.2, 0) is 30.8 Å². The molecular formula is C78H86BrClN12O12. The van der Waals surface area contributed by atoms with Crippen LogP contribution < -0.4 is 32.7 Å². The van der Waals surface area contributed by atoms with Crippen LogP contribution in [0.4, 0.5) is 54.5 Å². The van der Waals surface area contributed by atoms with Crippen LogP contribution >= 0.6 is 27.5 Å². The average molecular weight is 1500 g/mol. The summed E-state index contributed by atoms with van der Waals surface area (Å²) in [4.78, 5) is 79.9. The van der Waals surface area contributed by atoms with Crippen molar-refractivity contribution in [2.75, 3.05) is 16.8 Å². The number of rotatable bonds is 14. The number of hydrogen-bond acceptors (Lipinski definition) is 18. The highest BCUT2D eigenvalue weighted by molar-refractivity contribution is 9.10. The molecule has 6 aromatic carbocycles. The van der Waals surface area contributed by atoms with Gasteiger partial charge in [0.2, 0.25) is 16.8 Å². The lowest BCUT2D eigenvalue weighted by Crippen LogP contribution is -2.52. The van der Waals surface area contributed by atoms with E-state index in [9.17, 15) is 44.7 Å². The molecule has 3 aromatic heterocycles. The molecule has 0 bridgehead atoms. The Balaban J connectivity index is 0.000000171. The lowest BCUT2D eigenvalue weighted by molar-refractivity contribution is -0.385. The Morgan fingerprint density at radius 2 is 0.750 bits per heavy atom. The van der Waals surface area contributed by atoms with Gasteiger partial charge < -0.3 is 46.9 Å². The molecule has 0 spiro atoms. The number of anilines is 4. The number of ether oxygens (including phenoxy) is 3. The van der Waals surface area contributed by atoms with Crippen molar-refractivity contribution in [3.05, 3.63) is 257 Å². The van der Waals surface area contributed by atoms with Gasteiger partial charge in [-0.25, -0.2) is 29.3 Å². The summed E-state index contributed by atoms with van der Waals surface area (Å²) in [5, 5.41) is 44.8. The zero-order valence-corrected chi connectivity index (χ0v) is 61.8. The number of benzene rings is 6. The molecule has 0 radical (unpaired) electrons. The van der Waals surface area contributed by atoms with E-state index in [1.54, 1.807) is 18.2 Å². The van der Waals surface area contributed by atoms with E-state index in [1.807, 2.05) is 214 Å². The number of pyridine rings is 3. The first kappa shape index (κ1) is 78.7. The number of nitrogens with one attached hydrogen (secondary N) is 4. The van der Waals surface area contributed by atoms with E-state index in [-0.39, 0.29) is 57.1 Å². The number of hydrogen-bond donors (Lipinski definition) is 6. The summed E-state index contributed by atoms with van der Waals surface area (Å²) in [6, 6.07) is 60.6. The Bertz CT molecular complexity index is 4250. The minimum absolute atomic E-state index is 0.0636. The van der Waals surface area contributed by atoms with E-state index < -0.39 is 43.2 Å². The number of carbonyl (C=O) groups is 3. The molecule has 0 atom stereocenters. The maximum atomic E-state index is 12.4. The number of aromatic nitrogens is 3. The Morgan fingerprint density at radius 1 is 0.433 bits per heavy atom. The molecule has 0 aliphatic heterocycles. The fraction of sp³-hybridized carbons (Fsp3) is 0.308. The first-order chi connectivity index (χ1) is 49.1. The summed E-state index contributed by atoms with van der Waals surface area (Å²) >= 11 is 9.15. The molecule has 544 valence electrons. The molecule has 3 fully saturated rings. The maximum Gasteiger partial charge on any atom is 0.408 e. The highest BCUT2D eigenvalue weighted by Gasteiger charge is 2.43. The SMILES string of the molecule is CC(C)(C)OC(=O)NC1(c2ccc(Br)cc2)CCC1.CC(C)(C)OC(=O)NC1(c2ccc(N)cc2)CCC1.CC(C)(C)OC(=O)NC1(c2ccc(Nc3nc(-c4ccccc4)ccc3[N+](=O)[O-])cc2)CCC1.Nc1nc(-c2ccccc2)ccc1[N+](=O)[O-].O=[N+]([O-])c1ccc(-c2ccccc2)nc1Cl. The first-order valence-corrected chi connectivity index (χ1v) is 34.9. The molecule has 3 heterocycles. The fourth-order valence-corrected chi connectivity index (χ4v) is 11.8. The molecule has 0 saturated heterocycles. The fourth-order valence-electron chi connectivity index (χ4n) is 11.3. The second-order valence-corrected chi connectivity index (χ2v) is 29.3. The van der Waals surface area contributed by atoms with Crippen molar-refractivity contribution in [3.63, 3.8) is 0 Å². The third-order valence-electron chi connectivity index (χ3n) is 16.8. The minimum Gasteiger partial charge on any atom is -0.444 e. The van der Waals surface area contributed by atoms with E-state index in [0.29, 0.717) is 22.8 Å². The molecule has 0 unspecified atom stereocenters. The van der Waals surface area contributed by atoms with Gasteiger partial charge in [0.25, 0.3) is 0 Å². The van der Waals surface area contributed by atoms with Gasteiger partial charge in [-0.1, -0.05) is 155 Å². The quantitative estimate of drug-likeness (QED) is 0.0194. The zero-order valence-electron chi connectivity index (χ0n) is 59.4. The Labute approximate surface area is 617 Å². The van der Waals surface area contributed by atoms with Crippen molar-refractivity contribution in [2.45, 2.75) is 154 Å². The molecule has 24 nitrogen and oxygen atoms in total. The summed E-state index contributed by atoms with van der Waals surface area (Å²) in [6.07, 6.45) is 7.58. The molecule has 8 N–H and O–H groups in total. The highest BCUT2D eigenvalue weighted by Crippen LogP contribution is 2.45. The number of halogens is 2. The second-order valence-electron chi connectivity index (χ2n) is 28.1. The molecule has 3 aliphatic rings. The zero-order chi connectivity index (χ0) is 75.6. The van der Waals surface area contributed by atoms with Crippen molar-refractivity contribution >= 4 is 85.9 Å². The predicted octanol–water partition coefficient (Wildman–Crippen LogP) is 19.4. The Kier molecular flexibility index (Phi) is 25.9. The van der Waals surface area contributed by atoms with Crippen molar-refractivity contribution in [1.29, 1.82) is 0 Å². The average Bonchev–Trinajstić information content (AvgIpc) is 0.806. The number of nitrogen functional groups attached to an aromatic ring is 2. The van der Waals surface area contributed by atoms with E-state index in [0.717, 1.165) is 101 Å². The highest BCUT2D eigenvalue weighted by atomic mass is 79.9. The van der Waals surface area contributed by atoms with Crippen LogP contribution in [0, 0.1) is 30.3 Å². The van der Waals surface area contributed by atoms with Gasteiger partial charge in [-0.2, -0.15) is 0 Å². The molecule has 3 saturated carbocycles. The summed E-state index contributed by atoms with van der Waals surface area (Å²) in [5.41, 5.74) is 17.4. The standard InChI is InChI=1S/C26H28N4O4.C15H20BrNO2.C15H22N2O2.C11H7ClN2O2.C11H9N3O2/c1-25(2,3)34-24(31)29-26(16-7-17-26)19-10-12-20(13-11-19)27-23-22(30(32)33)15-14-21(28-23)18-8-5-4-6-9-18;2*1-14(2,3)19-13(18)17-15(9-4-10-15)11-5-7-12(16)8-6-11;2*12-11-10(14(15)16)7-6-9(13-11)8-4-2-1-3-5-8/h4-6,8-15H,7,16-17H2,1-3H3,(H,27,28)(H,29,31);5-8H,4,9-10H2,1-3H3,(H,17,18);5-8H,4,9-10,16H2,1-3H3,(H,17,18);1-7H;1-7H,(H2,12,13). The number of amides is 3. The van der Waals surface area contributed by atoms with E-state index in [1.165, 1.54) is 18.2 Å². The van der Waals surface area contributed by atoms with Crippen molar-refractivity contribution in [1.82, 2.24) is 30.9 Å². The Morgan fingerprint density at radius 3 is 1.07 bits per heavy atom. The third kappa shape index (κ3) is 22.2. The summed E-state index contributed by atoms with van der Waals surface area (Å²) in [7, 11) is 0. The maximum absolute atomic E-state index is 12.4. The van der Waals surface area contributed by atoms with Crippen molar-refractivity contribution < 1.29 is 43.4 Å². The lowest BCUT2D eigenvalue weighted by Gasteiger charge is -2.43. The summed E-state index contributed by atoms with van der Waals surface area (Å²) < 4.78 is 17.2. The van der Waals surface area contributed by atoms with E-state index in [4.69, 9.17) is 37.3 Å². The second kappa shape index (κ2) is 34.3. The smallest absolute Gasteiger partial charge is 0.408 e. The molecule has 12 rings (SSSR count). The van der Waals surface area contributed by atoms with Crippen LogP contribution in [0.5, 0.6) is 0 Å². The van der Waals surface area contributed by atoms with Gasteiger partial charge in [-0.15, -0.1) is 0 Å². The largest absolute Gasteiger partial charge is 0.444 e. The van der Waals surface area contributed by atoms with Crippen LogP contribution in [0.25, 0.3) is 33.8 Å². The Hall–Kier alpha value is -11.1. The molecule has 9 aromatic rings. The topological polar surface area (TPSA) is 347 Å². The van der Waals surface area contributed by atoms with Crippen molar-refractivity contribution in [3.8, 4) is 33.8 Å². The van der Waals surface area contributed by atoms with Crippen LogP contribution in [0.2, 0.25) is 5.15 Å². The van der Waals surface area contributed by atoms with Gasteiger partial charge in [-0.05, 0) is 191 Å². The first-order valence-electron chi connectivity index (χ1n) is 33.7. The van der Waals surface area contributed by atoms with Gasteiger partial charge in [0.15, 0.2) is 0 Å². The van der Waals surface area contributed by atoms with Gasteiger partial charge in [0, 0.05) is 50.7 Å². The molecular weight excluding hydrogens is 1410 g/mol. The van der Waals surface area contributed by atoms with Crippen LogP contribution in [-0.4, -0.2) is 64.8 Å². The summed E-state index contributed by atoms with van der Waals surface area (Å²) in [5.74, 6) is 0.107. The van der Waals surface area contributed by atoms with E-state index in [2.05, 4.69) is 64.3 Å². The van der Waals surface area contributed by atoms with Crippen LogP contribution in [0.15, 0.2) is 205 Å². The number of nitrogens with zero attached hydrogens (tertiary/aromatic N) is 6. The van der Waals surface area contributed by atoms with E-state index >= 15 is 0 Å². The van der Waals surface area contributed by atoms with Crippen LogP contribution in [0.3, 0.4) is 0 Å². The lowest BCUT2D eigenvalue weighted by atomic mass is 9.72. The number of alkyl carbamates (subject to hydrolysis) is 3. The third-order valence-corrected chi connectivity index (χ3v) is 17.6. The monoisotopic (exact) mass is 1500 g/mol. The number of carbonyl (C=O) groups excluding carboxylic acids is 3. The van der Waals surface area contributed by atoms with Gasteiger partial charge in [0.1, 0.15) is 16.8 Å². The van der Waals surface area contributed by atoms with Gasteiger partial charge in [0.05, 0.1) is 48.5 Å². The van der Waals surface area contributed by atoms with Gasteiger partial charge >= 0.3 is 35.3 Å². The summed E-state index contributed by atoms with van der Waals surface area (Å²) in [6.45, 7) is 16.7. The molecule has 26 heteroatoms. The normalized spacial score (nSPS) is 14.2. The molecule has 3 aliphatic carbocycles. The molecule has 3 amide bonds. The van der Waals surface area contributed by atoms with Crippen molar-refractivity contribution in [2.24, 2.45) is 0 Å². The predicted molar refractivity (Wildman–Crippen MR) is 408 cm³/mol. The molecule has 104 heavy (non-hydrogen) atoms.